The first-order chi connectivity index (χ1) is 10.6. The van der Waals surface area contributed by atoms with Gasteiger partial charge in [-0.25, -0.2) is 5.43 Å². The van der Waals surface area contributed by atoms with E-state index in [0.717, 1.165) is 22.2 Å². The van der Waals surface area contributed by atoms with Gasteiger partial charge < -0.3 is 0 Å². The van der Waals surface area contributed by atoms with E-state index in [-0.39, 0.29) is 11.8 Å². The summed E-state index contributed by atoms with van der Waals surface area (Å²) in [5.41, 5.74) is 5.73. The van der Waals surface area contributed by atoms with E-state index >= 15 is 0 Å². The fourth-order valence-corrected chi connectivity index (χ4v) is 2.80. The molecule has 0 aliphatic heterocycles. The van der Waals surface area contributed by atoms with E-state index in [2.05, 4.69) is 38.6 Å². The fraction of sp³-hybridized carbons (Fsp3) is 0.222. The predicted octanol–water partition coefficient (Wildman–Crippen LogP) is 4.09. The molecule has 1 aliphatic carbocycles. The third-order valence-corrected chi connectivity index (χ3v) is 4.48. The molecule has 0 spiro atoms. The monoisotopic (exact) mass is 356 g/mol. The van der Waals surface area contributed by atoms with Crippen LogP contribution < -0.4 is 5.43 Å². The van der Waals surface area contributed by atoms with Crippen LogP contribution in [0, 0.1) is 5.92 Å². The average Bonchev–Trinajstić information content (AvgIpc) is 3.34. The van der Waals surface area contributed by atoms with Crippen LogP contribution >= 0.6 is 15.9 Å². The minimum absolute atomic E-state index is 0.00492. The molecule has 2 atom stereocenters. The van der Waals surface area contributed by atoms with E-state index in [1.165, 1.54) is 5.56 Å². The van der Waals surface area contributed by atoms with Crippen molar-refractivity contribution < 1.29 is 4.79 Å². The Kier molecular flexibility index (Phi) is 4.39. The summed E-state index contributed by atoms with van der Waals surface area (Å²) in [6, 6.07) is 18.0. The van der Waals surface area contributed by atoms with Gasteiger partial charge in [-0.05, 0) is 42.5 Å². The van der Waals surface area contributed by atoms with Gasteiger partial charge in [0.15, 0.2) is 0 Å². The molecule has 22 heavy (non-hydrogen) atoms. The number of benzene rings is 2. The summed E-state index contributed by atoms with van der Waals surface area (Å²) in [5, 5.41) is 4.22. The molecule has 1 amide bonds. The van der Waals surface area contributed by atoms with Crippen molar-refractivity contribution in [1.82, 2.24) is 5.43 Å². The molecule has 1 fully saturated rings. The maximum absolute atomic E-state index is 12.2. The van der Waals surface area contributed by atoms with Gasteiger partial charge in [0.25, 0.3) is 0 Å². The highest BCUT2D eigenvalue weighted by Gasteiger charge is 2.43. The molecule has 1 saturated carbocycles. The number of hydrogen-bond donors (Lipinski definition) is 1. The Bertz CT molecular complexity index is 695. The van der Waals surface area contributed by atoms with E-state index in [4.69, 9.17) is 0 Å². The van der Waals surface area contributed by atoms with Crippen molar-refractivity contribution in [2.75, 3.05) is 0 Å². The Morgan fingerprint density at radius 2 is 1.82 bits per heavy atom. The fourth-order valence-electron chi connectivity index (χ4n) is 2.53. The molecule has 2 aromatic rings. The standard InChI is InChI=1S/C18H17BrN2O/c1-12(13-7-9-15(19)10-8-13)20-21-18(22)17-11-16(17)14-5-3-2-4-6-14/h2-10,16-17H,11H2,1H3,(H,21,22)/b20-12-/t16-,17-/m1/s1. The second-order valence-electron chi connectivity index (χ2n) is 5.54. The van der Waals surface area contributed by atoms with Crippen LogP contribution in [0.1, 0.15) is 30.4 Å². The normalized spacial score (nSPS) is 20.5. The molecule has 0 heterocycles. The lowest BCUT2D eigenvalue weighted by Gasteiger charge is -2.03. The van der Waals surface area contributed by atoms with Crippen molar-refractivity contribution in [3.63, 3.8) is 0 Å². The number of nitrogens with one attached hydrogen (secondary N) is 1. The molecule has 0 bridgehead atoms. The third kappa shape index (κ3) is 3.45. The van der Waals surface area contributed by atoms with Gasteiger partial charge >= 0.3 is 0 Å². The Hall–Kier alpha value is -1.94. The number of hydrogen-bond acceptors (Lipinski definition) is 2. The maximum atomic E-state index is 12.2. The van der Waals surface area contributed by atoms with Crippen molar-refractivity contribution in [2.45, 2.75) is 19.3 Å². The lowest BCUT2D eigenvalue weighted by atomic mass is 10.1. The zero-order valence-corrected chi connectivity index (χ0v) is 13.9. The summed E-state index contributed by atoms with van der Waals surface area (Å²) in [7, 11) is 0. The van der Waals surface area contributed by atoms with Crippen LogP contribution in [-0.4, -0.2) is 11.6 Å². The molecule has 0 saturated heterocycles. The lowest BCUT2D eigenvalue weighted by molar-refractivity contribution is -0.122. The molecule has 112 valence electrons. The summed E-state index contributed by atoms with van der Waals surface area (Å²) in [6.07, 6.45) is 0.905. The van der Waals surface area contributed by atoms with E-state index in [1.54, 1.807) is 0 Å². The first kappa shape index (κ1) is 15.0. The van der Waals surface area contributed by atoms with Crippen LogP contribution in [0.2, 0.25) is 0 Å². The second kappa shape index (κ2) is 6.44. The molecule has 0 aromatic heterocycles. The highest BCUT2D eigenvalue weighted by atomic mass is 79.9. The van der Waals surface area contributed by atoms with Crippen LogP contribution in [0.25, 0.3) is 0 Å². The van der Waals surface area contributed by atoms with Crippen LogP contribution in [-0.2, 0) is 4.79 Å². The van der Waals surface area contributed by atoms with Gasteiger partial charge in [-0.2, -0.15) is 5.10 Å². The average molecular weight is 357 g/mol. The molecular weight excluding hydrogens is 340 g/mol. The largest absolute Gasteiger partial charge is 0.273 e. The van der Waals surface area contributed by atoms with Crippen molar-refractivity contribution in [2.24, 2.45) is 11.0 Å². The van der Waals surface area contributed by atoms with Crippen molar-refractivity contribution >= 4 is 27.5 Å². The number of rotatable bonds is 4. The zero-order valence-electron chi connectivity index (χ0n) is 12.3. The van der Waals surface area contributed by atoms with Crippen molar-refractivity contribution in [3.05, 3.63) is 70.2 Å². The summed E-state index contributed by atoms with van der Waals surface area (Å²) in [6.45, 7) is 1.89. The highest BCUT2D eigenvalue weighted by Crippen LogP contribution is 2.47. The number of halogens is 1. The lowest BCUT2D eigenvalue weighted by Crippen LogP contribution is -2.21. The number of nitrogens with zero attached hydrogens (tertiary/aromatic N) is 1. The Morgan fingerprint density at radius 1 is 1.14 bits per heavy atom. The highest BCUT2D eigenvalue weighted by molar-refractivity contribution is 9.10. The van der Waals surface area contributed by atoms with Gasteiger partial charge in [0.1, 0.15) is 0 Å². The van der Waals surface area contributed by atoms with Gasteiger partial charge in [0, 0.05) is 10.4 Å². The first-order valence-electron chi connectivity index (χ1n) is 7.30. The molecule has 1 aliphatic rings. The Labute approximate surface area is 138 Å². The van der Waals surface area contributed by atoms with Crippen LogP contribution in [0.4, 0.5) is 0 Å². The van der Waals surface area contributed by atoms with Crippen molar-refractivity contribution in [3.8, 4) is 0 Å². The smallest absolute Gasteiger partial charge is 0.243 e. The molecular formula is C18H17BrN2O. The Morgan fingerprint density at radius 3 is 2.50 bits per heavy atom. The zero-order chi connectivity index (χ0) is 15.5. The summed E-state index contributed by atoms with van der Waals surface area (Å²) >= 11 is 3.40. The summed E-state index contributed by atoms with van der Waals surface area (Å²) in [5.74, 6) is 0.388. The number of carbonyl (C=O) groups is 1. The summed E-state index contributed by atoms with van der Waals surface area (Å²) < 4.78 is 1.02. The van der Waals surface area contributed by atoms with E-state index < -0.39 is 0 Å². The van der Waals surface area contributed by atoms with Gasteiger partial charge in [-0.15, -0.1) is 0 Å². The molecule has 3 rings (SSSR count). The molecule has 1 N–H and O–H groups in total. The molecule has 3 nitrogen and oxygen atoms in total. The number of amides is 1. The number of hydrazone groups is 1. The van der Waals surface area contributed by atoms with Gasteiger partial charge in [0.05, 0.1) is 5.71 Å². The molecule has 4 heteroatoms. The number of carbonyl (C=O) groups excluding carboxylic acids is 1. The van der Waals surface area contributed by atoms with Crippen LogP contribution in [0.15, 0.2) is 64.2 Å². The predicted molar refractivity (Wildman–Crippen MR) is 91.8 cm³/mol. The van der Waals surface area contributed by atoms with Crippen LogP contribution in [0.5, 0.6) is 0 Å². The third-order valence-electron chi connectivity index (χ3n) is 3.95. The summed E-state index contributed by atoms with van der Waals surface area (Å²) in [4.78, 5) is 12.2. The minimum atomic E-state index is 0.00492. The van der Waals surface area contributed by atoms with Gasteiger partial charge in [-0.3, -0.25) is 4.79 Å². The molecule has 2 aromatic carbocycles. The second-order valence-corrected chi connectivity index (χ2v) is 6.46. The molecule has 0 radical (unpaired) electrons. The minimum Gasteiger partial charge on any atom is -0.273 e. The van der Waals surface area contributed by atoms with E-state index in [9.17, 15) is 4.79 Å². The van der Waals surface area contributed by atoms with Crippen molar-refractivity contribution in [1.29, 1.82) is 0 Å². The Balaban J connectivity index is 1.59. The van der Waals surface area contributed by atoms with E-state index in [1.807, 2.05) is 49.4 Å². The maximum Gasteiger partial charge on any atom is 0.243 e. The van der Waals surface area contributed by atoms with Gasteiger partial charge in [0.2, 0.25) is 5.91 Å². The first-order valence-corrected chi connectivity index (χ1v) is 8.09. The van der Waals surface area contributed by atoms with Gasteiger partial charge in [-0.1, -0.05) is 58.4 Å². The quantitative estimate of drug-likeness (QED) is 0.650. The molecule has 0 unspecified atom stereocenters. The van der Waals surface area contributed by atoms with E-state index in [0.29, 0.717) is 5.92 Å². The topological polar surface area (TPSA) is 41.5 Å². The SMILES string of the molecule is C/C(=N/NC(=O)[C@@H]1C[C@@H]1c1ccccc1)c1ccc(Br)cc1. The van der Waals surface area contributed by atoms with Crippen LogP contribution in [0.3, 0.4) is 0 Å².